The molecule has 0 spiro atoms. The zero-order valence-electron chi connectivity index (χ0n) is 11.0. The van der Waals surface area contributed by atoms with E-state index in [1.807, 2.05) is 12.1 Å². The summed E-state index contributed by atoms with van der Waals surface area (Å²) in [5, 5.41) is -0.0214. The Morgan fingerprint density at radius 3 is 2.43 bits per heavy atom. The summed E-state index contributed by atoms with van der Waals surface area (Å²) in [7, 11) is -3.90. The van der Waals surface area contributed by atoms with Crippen LogP contribution in [0.4, 0.5) is 4.39 Å². The van der Waals surface area contributed by atoms with Crippen molar-refractivity contribution >= 4 is 37.6 Å². The molecule has 0 heterocycles. The lowest BCUT2D eigenvalue weighted by Gasteiger charge is -2.15. The molecule has 2 rings (SSSR count). The summed E-state index contributed by atoms with van der Waals surface area (Å²) < 4.78 is 41.2. The van der Waals surface area contributed by atoms with Gasteiger partial charge in [0.25, 0.3) is 0 Å². The van der Waals surface area contributed by atoms with Crippen LogP contribution in [0.5, 0.6) is 0 Å². The Bertz CT molecular complexity index is 750. The summed E-state index contributed by atoms with van der Waals surface area (Å²) in [6, 6.07) is 9.98. The van der Waals surface area contributed by atoms with Gasteiger partial charge >= 0.3 is 0 Å². The minimum atomic E-state index is -3.90. The molecule has 1 unspecified atom stereocenters. The molecule has 0 fully saturated rings. The van der Waals surface area contributed by atoms with Gasteiger partial charge in [-0.2, -0.15) is 0 Å². The lowest BCUT2D eigenvalue weighted by Crippen LogP contribution is -2.27. The van der Waals surface area contributed by atoms with E-state index in [0.29, 0.717) is 0 Å². The molecule has 1 N–H and O–H groups in total. The van der Waals surface area contributed by atoms with Gasteiger partial charge in [0.15, 0.2) is 0 Å². The highest BCUT2D eigenvalue weighted by Crippen LogP contribution is 2.24. The van der Waals surface area contributed by atoms with Gasteiger partial charge in [0.05, 0.1) is 5.02 Å². The predicted octanol–water partition coefficient (Wildman–Crippen LogP) is 4.28. The lowest BCUT2D eigenvalue weighted by atomic mass is 10.1. The number of rotatable bonds is 4. The maximum absolute atomic E-state index is 13.2. The van der Waals surface area contributed by atoms with Gasteiger partial charge in [0.2, 0.25) is 10.0 Å². The van der Waals surface area contributed by atoms with Gasteiger partial charge < -0.3 is 0 Å². The fourth-order valence-electron chi connectivity index (χ4n) is 1.80. The van der Waals surface area contributed by atoms with Gasteiger partial charge in [0.1, 0.15) is 10.7 Å². The Hall–Kier alpha value is -0.950. The van der Waals surface area contributed by atoms with Crippen molar-refractivity contribution in [2.24, 2.45) is 0 Å². The quantitative estimate of drug-likeness (QED) is 0.844. The van der Waals surface area contributed by atoms with E-state index < -0.39 is 21.9 Å². The van der Waals surface area contributed by atoms with Crippen molar-refractivity contribution in [2.75, 3.05) is 0 Å². The maximum atomic E-state index is 13.2. The van der Waals surface area contributed by atoms with Crippen molar-refractivity contribution in [2.45, 2.75) is 17.9 Å². The van der Waals surface area contributed by atoms with Crippen molar-refractivity contribution in [1.82, 2.24) is 4.72 Å². The molecule has 0 aliphatic carbocycles. The second-order valence-electron chi connectivity index (χ2n) is 4.47. The third-order valence-corrected chi connectivity index (χ3v) is 5.44. The average molecular weight is 393 g/mol. The highest BCUT2D eigenvalue weighted by molar-refractivity contribution is 9.10. The first-order valence-electron chi connectivity index (χ1n) is 6.02. The monoisotopic (exact) mass is 391 g/mol. The molecule has 0 saturated heterocycles. The maximum Gasteiger partial charge on any atom is 0.242 e. The summed E-state index contributed by atoms with van der Waals surface area (Å²) in [5.74, 6) is -0.656. The van der Waals surface area contributed by atoms with Crippen LogP contribution < -0.4 is 4.72 Å². The molecule has 2 aromatic rings. The average Bonchev–Trinajstić information content (AvgIpc) is 2.41. The Morgan fingerprint density at radius 2 is 1.81 bits per heavy atom. The lowest BCUT2D eigenvalue weighted by molar-refractivity contribution is 0.564. The summed E-state index contributed by atoms with van der Waals surface area (Å²) in [6.07, 6.45) is 0. The second kappa shape index (κ2) is 6.44. The zero-order chi connectivity index (χ0) is 15.6. The van der Waals surface area contributed by atoms with E-state index in [-0.39, 0.29) is 9.92 Å². The zero-order valence-corrected chi connectivity index (χ0v) is 14.1. The highest BCUT2D eigenvalue weighted by atomic mass is 79.9. The van der Waals surface area contributed by atoms with E-state index in [9.17, 15) is 12.8 Å². The number of halogens is 3. The van der Waals surface area contributed by atoms with Crippen molar-refractivity contribution in [3.05, 3.63) is 63.3 Å². The topological polar surface area (TPSA) is 46.2 Å². The summed E-state index contributed by atoms with van der Waals surface area (Å²) in [4.78, 5) is -0.270. The molecular formula is C14H12BrClFNO2S. The number of hydrogen-bond acceptors (Lipinski definition) is 2. The minimum absolute atomic E-state index is 0.0214. The fraction of sp³-hybridized carbons (Fsp3) is 0.143. The van der Waals surface area contributed by atoms with Crippen LogP contribution in [0.2, 0.25) is 5.02 Å². The van der Waals surface area contributed by atoms with Gasteiger partial charge in [-0.05, 0) is 42.8 Å². The number of nitrogens with one attached hydrogen (secondary N) is 1. The standard InChI is InChI=1S/C14H12BrClFNO2S/c1-9(10-2-4-11(15)5-3-10)18-21(19,20)14-8-12(17)6-7-13(14)16/h2-9,18H,1H3. The Balaban J connectivity index is 2.28. The van der Waals surface area contributed by atoms with Gasteiger partial charge in [-0.25, -0.2) is 17.5 Å². The molecule has 1 atom stereocenters. The normalized spacial score (nSPS) is 13.1. The van der Waals surface area contributed by atoms with Crippen molar-refractivity contribution < 1.29 is 12.8 Å². The minimum Gasteiger partial charge on any atom is -0.207 e. The van der Waals surface area contributed by atoms with Crippen LogP contribution >= 0.6 is 27.5 Å². The van der Waals surface area contributed by atoms with Crippen LogP contribution in [-0.4, -0.2) is 8.42 Å². The van der Waals surface area contributed by atoms with Crippen LogP contribution in [0.15, 0.2) is 51.8 Å². The summed E-state index contributed by atoms with van der Waals surface area (Å²) >= 11 is 9.15. The molecule has 0 aliphatic rings. The first-order valence-corrected chi connectivity index (χ1v) is 8.68. The van der Waals surface area contributed by atoms with E-state index in [0.717, 1.165) is 22.2 Å². The SMILES string of the molecule is CC(NS(=O)(=O)c1cc(F)ccc1Cl)c1ccc(Br)cc1. The van der Waals surface area contributed by atoms with Crippen molar-refractivity contribution in [3.63, 3.8) is 0 Å². The molecule has 3 nitrogen and oxygen atoms in total. The molecule has 0 radical (unpaired) electrons. The second-order valence-corrected chi connectivity index (χ2v) is 7.47. The van der Waals surface area contributed by atoms with Crippen LogP contribution in [0.25, 0.3) is 0 Å². The molecule has 0 bridgehead atoms. The van der Waals surface area contributed by atoms with Gasteiger partial charge in [-0.3, -0.25) is 0 Å². The molecule has 2 aromatic carbocycles. The van der Waals surface area contributed by atoms with Crippen molar-refractivity contribution in [1.29, 1.82) is 0 Å². The summed E-state index contributed by atoms with van der Waals surface area (Å²) in [5.41, 5.74) is 0.786. The van der Waals surface area contributed by atoms with E-state index >= 15 is 0 Å². The number of hydrogen-bond donors (Lipinski definition) is 1. The molecule has 7 heteroatoms. The molecule has 0 aromatic heterocycles. The number of sulfonamides is 1. The van der Waals surface area contributed by atoms with Crippen molar-refractivity contribution in [3.8, 4) is 0 Å². The Labute approximate surface area is 136 Å². The third kappa shape index (κ3) is 4.03. The fourth-order valence-corrected chi connectivity index (χ4v) is 3.81. The summed E-state index contributed by atoms with van der Waals surface area (Å²) in [6.45, 7) is 1.70. The third-order valence-electron chi connectivity index (χ3n) is 2.88. The van der Waals surface area contributed by atoms with Crippen LogP contribution in [0, 0.1) is 5.82 Å². The van der Waals surface area contributed by atoms with Gasteiger partial charge in [-0.1, -0.05) is 39.7 Å². The molecule has 112 valence electrons. The van der Waals surface area contributed by atoms with E-state index in [2.05, 4.69) is 20.7 Å². The molecular weight excluding hydrogens is 381 g/mol. The molecule has 0 saturated carbocycles. The van der Waals surface area contributed by atoms with E-state index in [4.69, 9.17) is 11.6 Å². The van der Waals surface area contributed by atoms with Crippen LogP contribution in [0.3, 0.4) is 0 Å². The molecule has 0 amide bonds. The Kier molecular flexibility index (Phi) is 5.03. The number of benzene rings is 2. The van der Waals surface area contributed by atoms with E-state index in [1.54, 1.807) is 19.1 Å². The molecule has 21 heavy (non-hydrogen) atoms. The Morgan fingerprint density at radius 1 is 1.19 bits per heavy atom. The smallest absolute Gasteiger partial charge is 0.207 e. The highest BCUT2D eigenvalue weighted by Gasteiger charge is 2.21. The van der Waals surface area contributed by atoms with Gasteiger partial charge in [0, 0.05) is 10.5 Å². The first kappa shape index (κ1) is 16.4. The predicted molar refractivity (Wildman–Crippen MR) is 84.3 cm³/mol. The van der Waals surface area contributed by atoms with Gasteiger partial charge in [-0.15, -0.1) is 0 Å². The van der Waals surface area contributed by atoms with E-state index in [1.165, 1.54) is 6.07 Å². The molecule has 0 aliphatic heterocycles. The van der Waals surface area contributed by atoms with Crippen LogP contribution in [-0.2, 0) is 10.0 Å². The first-order chi connectivity index (χ1) is 9.79. The largest absolute Gasteiger partial charge is 0.242 e. The van der Waals surface area contributed by atoms with Crippen LogP contribution in [0.1, 0.15) is 18.5 Å².